The lowest BCUT2D eigenvalue weighted by atomic mass is 9.83. The first kappa shape index (κ1) is 21.3. The normalized spacial score (nSPS) is 17.2. The molecule has 7 rings (SSSR count). The zero-order chi connectivity index (χ0) is 23.3. The lowest BCUT2D eigenvalue weighted by molar-refractivity contribution is 0.0503. The van der Waals surface area contributed by atoms with E-state index in [1.807, 2.05) is 12.1 Å². The van der Waals surface area contributed by atoms with Crippen molar-refractivity contribution < 1.29 is 9.59 Å². The Morgan fingerprint density at radius 2 is 1.21 bits per heavy atom. The molecule has 1 heterocycles. The third kappa shape index (κ3) is 2.68. The average Bonchev–Trinajstić information content (AvgIpc) is 2.84. The molecule has 5 aromatic rings. The van der Waals surface area contributed by atoms with E-state index in [-0.39, 0.29) is 17.9 Å². The molecule has 1 aliphatic carbocycles. The van der Waals surface area contributed by atoms with E-state index in [1.54, 1.807) is 4.90 Å². The number of benzene rings is 5. The van der Waals surface area contributed by atoms with E-state index < -0.39 is 0 Å². The number of hydrogen-bond acceptors (Lipinski definition) is 2. The number of amides is 2. The molecule has 5 aromatic carbocycles. The molecule has 1 saturated carbocycles. The summed E-state index contributed by atoms with van der Waals surface area (Å²) in [6.07, 6.45) is 5.07. The van der Waals surface area contributed by atoms with Crippen LogP contribution in [0.1, 0.15) is 52.8 Å². The molecule has 1 aliphatic heterocycles. The second-order valence-corrected chi connectivity index (χ2v) is 12.0. The van der Waals surface area contributed by atoms with E-state index in [9.17, 15) is 9.59 Å². The first-order chi connectivity index (χ1) is 16.5. The maximum Gasteiger partial charge on any atom is 0.261 e. The van der Waals surface area contributed by atoms with E-state index in [1.165, 1.54) is 11.8 Å². The van der Waals surface area contributed by atoms with Gasteiger partial charge >= 0.3 is 0 Å². The Labute approximate surface area is 221 Å². The summed E-state index contributed by atoms with van der Waals surface area (Å²) in [6.45, 7) is 0. The summed E-state index contributed by atoms with van der Waals surface area (Å²) in [5.41, 5.74) is 1.24. The van der Waals surface area contributed by atoms with Gasteiger partial charge in [0.05, 0.1) is 0 Å². The summed E-state index contributed by atoms with van der Waals surface area (Å²) in [7, 11) is 0. The van der Waals surface area contributed by atoms with Gasteiger partial charge in [-0.25, -0.2) is 0 Å². The molecule has 2 amide bonds. The lowest BCUT2D eigenvalue weighted by Crippen LogP contribution is -2.47. The quantitative estimate of drug-likeness (QED) is 0.104. The highest BCUT2D eigenvalue weighted by atomic mass is 79.9. The van der Waals surface area contributed by atoms with E-state index in [4.69, 9.17) is 0 Å². The standard InChI is InChI=1S/C28H18Br3NO2/c29-19-10-9-16-22-14(19)7-4-8-15(22)24-20(30)11-17-23-18(12-21(31)25(16)26(23)24)28(34)32(27(17)33)13-5-2-1-3-6-13/h4,7-13H,1-3,5-6H2. The molecule has 2 aliphatic rings. The van der Waals surface area contributed by atoms with Crippen molar-refractivity contribution in [2.24, 2.45) is 0 Å². The first-order valence-electron chi connectivity index (χ1n) is 11.6. The highest BCUT2D eigenvalue weighted by molar-refractivity contribution is 9.11. The minimum atomic E-state index is -0.162. The van der Waals surface area contributed by atoms with Gasteiger partial charge in [0, 0.05) is 52.1 Å². The van der Waals surface area contributed by atoms with Gasteiger partial charge in [-0.15, -0.1) is 0 Å². The van der Waals surface area contributed by atoms with Crippen molar-refractivity contribution in [2.75, 3.05) is 0 Å². The van der Waals surface area contributed by atoms with Crippen molar-refractivity contribution in [3.05, 3.63) is 67.0 Å². The van der Waals surface area contributed by atoms with Crippen molar-refractivity contribution in [2.45, 2.75) is 38.1 Å². The summed E-state index contributed by atoms with van der Waals surface area (Å²) in [4.78, 5) is 29.2. The van der Waals surface area contributed by atoms with Crippen LogP contribution in [0.15, 0.2) is 55.9 Å². The second-order valence-electron chi connectivity index (χ2n) is 9.41. The highest BCUT2D eigenvalue weighted by Crippen LogP contribution is 2.50. The summed E-state index contributed by atoms with van der Waals surface area (Å²) < 4.78 is 2.80. The molecule has 1 fully saturated rings. The Kier molecular flexibility index (Phi) is 4.69. The van der Waals surface area contributed by atoms with E-state index >= 15 is 0 Å². The Balaban J connectivity index is 1.67. The fraction of sp³-hybridized carbons (Fsp3) is 0.214. The zero-order valence-electron chi connectivity index (χ0n) is 18.1. The molecule has 34 heavy (non-hydrogen) atoms. The number of fused-ring (bicyclic) bond motifs is 2. The van der Waals surface area contributed by atoms with Crippen LogP contribution in [0.2, 0.25) is 0 Å². The topological polar surface area (TPSA) is 37.4 Å². The molecule has 0 spiro atoms. The Hall–Kier alpha value is -2.02. The lowest BCUT2D eigenvalue weighted by Gasteiger charge is -2.36. The number of nitrogens with zero attached hydrogens (tertiary/aromatic N) is 1. The second kappa shape index (κ2) is 7.49. The van der Waals surface area contributed by atoms with Crippen LogP contribution in [-0.4, -0.2) is 22.8 Å². The van der Waals surface area contributed by atoms with Gasteiger partial charge in [0.2, 0.25) is 0 Å². The molecule has 0 bridgehead atoms. The van der Waals surface area contributed by atoms with Gasteiger partial charge in [-0.2, -0.15) is 0 Å². The fourth-order valence-corrected chi connectivity index (χ4v) is 7.99. The third-order valence-electron chi connectivity index (χ3n) is 7.67. The minimum Gasteiger partial charge on any atom is -0.271 e. The van der Waals surface area contributed by atoms with Crippen molar-refractivity contribution in [1.82, 2.24) is 4.90 Å². The van der Waals surface area contributed by atoms with Crippen molar-refractivity contribution in [3.8, 4) is 0 Å². The number of imide groups is 1. The molecule has 0 aromatic heterocycles. The van der Waals surface area contributed by atoms with Crippen LogP contribution in [0.4, 0.5) is 0 Å². The molecule has 0 atom stereocenters. The Morgan fingerprint density at radius 3 is 1.85 bits per heavy atom. The Bertz CT molecular complexity index is 1640. The van der Waals surface area contributed by atoms with Crippen molar-refractivity contribution in [1.29, 1.82) is 0 Å². The first-order valence-corrected chi connectivity index (χ1v) is 13.9. The molecular formula is C28H18Br3NO2. The maximum atomic E-state index is 13.8. The molecule has 168 valence electrons. The summed E-state index contributed by atoms with van der Waals surface area (Å²) in [5.74, 6) is -0.325. The van der Waals surface area contributed by atoms with Gasteiger partial charge in [-0.05, 0) is 52.6 Å². The molecule has 0 N–H and O–H groups in total. The van der Waals surface area contributed by atoms with Crippen LogP contribution in [-0.2, 0) is 0 Å². The number of carbonyl (C=O) groups excluding carboxylic acids is 2. The van der Waals surface area contributed by atoms with Gasteiger partial charge in [-0.3, -0.25) is 14.5 Å². The molecule has 3 nitrogen and oxygen atoms in total. The molecule has 0 unspecified atom stereocenters. The van der Waals surface area contributed by atoms with E-state index in [0.29, 0.717) is 11.1 Å². The fourth-order valence-electron chi connectivity index (χ4n) is 6.24. The van der Waals surface area contributed by atoms with E-state index in [2.05, 4.69) is 78.1 Å². The summed E-state index contributed by atoms with van der Waals surface area (Å²) in [5, 5.41) is 8.37. The van der Waals surface area contributed by atoms with Crippen LogP contribution in [0, 0.1) is 0 Å². The van der Waals surface area contributed by atoms with Gasteiger partial charge in [0.1, 0.15) is 0 Å². The van der Waals surface area contributed by atoms with Crippen LogP contribution < -0.4 is 0 Å². The van der Waals surface area contributed by atoms with Crippen molar-refractivity contribution >= 4 is 103 Å². The third-order valence-corrected chi connectivity index (χ3v) is 9.62. The average molecular weight is 640 g/mol. The van der Waals surface area contributed by atoms with Crippen LogP contribution >= 0.6 is 47.8 Å². The highest BCUT2D eigenvalue weighted by Gasteiger charge is 2.39. The number of rotatable bonds is 1. The summed E-state index contributed by atoms with van der Waals surface area (Å²) in [6, 6.07) is 14.4. The van der Waals surface area contributed by atoms with E-state index in [0.717, 1.165) is 76.8 Å². The predicted molar refractivity (Wildman–Crippen MR) is 148 cm³/mol. The van der Waals surface area contributed by atoms with Gasteiger partial charge < -0.3 is 0 Å². The van der Waals surface area contributed by atoms with Gasteiger partial charge in [0.15, 0.2) is 0 Å². The SMILES string of the molecule is O=C1c2cc(Br)c3c4cccc5c(Br)ccc(c6c(Br)cc(c2c36)C(=O)N1C1CCCCC1)c54. The summed E-state index contributed by atoms with van der Waals surface area (Å²) >= 11 is 11.4. The number of halogens is 3. The Morgan fingerprint density at radius 1 is 0.618 bits per heavy atom. The minimum absolute atomic E-state index is 0.0198. The molecular weight excluding hydrogens is 622 g/mol. The maximum absolute atomic E-state index is 13.8. The van der Waals surface area contributed by atoms with Crippen molar-refractivity contribution in [3.63, 3.8) is 0 Å². The van der Waals surface area contributed by atoms with Gasteiger partial charge in [-0.1, -0.05) is 91.3 Å². The van der Waals surface area contributed by atoms with Crippen LogP contribution in [0.3, 0.4) is 0 Å². The predicted octanol–water partition coefficient (Wildman–Crippen LogP) is 8.95. The zero-order valence-corrected chi connectivity index (χ0v) is 22.8. The van der Waals surface area contributed by atoms with Crippen LogP contribution in [0.25, 0.3) is 43.1 Å². The molecule has 0 saturated heterocycles. The number of carbonyl (C=O) groups is 2. The largest absolute Gasteiger partial charge is 0.271 e. The number of hydrogen-bond donors (Lipinski definition) is 0. The van der Waals surface area contributed by atoms with Gasteiger partial charge in [0.25, 0.3) is 11.8 Å². The van der Waals surface area contributed by atoms with Crippen LogP contribution in [0.5, 0.6) is 0 Å². The smallest absolute Gasteiger partial charge is 0.261 e. The molecule has 6 heteroatoms. The monoisotopic (exact) mass is 637 g/mol. The molecule has 0 radical (unpaired) electrons.